The molecule has 0 unspecified atom stereocenters. The molecule has 0 saturated carbocycles. The standard InChI is InChI=1S/C7H8Cl2N2O/c1-2-3-11-7(12)6(9)5(8)4-10-11/h4H,2-3H2,1H3. The Morgan fingerprint density at radius 1 is 1.58 bits per heavy atom. The first-order chi connectivity index (χ1) is 5.66. The van der Waals surface area contributed by atoms with Crippen LogP contribution in [0.25, 0.3) is 0 Å². The maximum Gasteiger partial charge on any atom is 0.287 e. The second-order valence-corrected chi connectivity index (χ2v) is 3.12. The molecule has 5 heteroatoms. The largest absolute Gasteiger partial charge is 0.287 e. The zero-order valence-corrected chi connectivity index (χ0v) is 8.06. The van der Waals surface area contributed by atoms with Crippen molar-refractivity contribution in [2.75, 3.05) is 0 Å². The zero-order chi connectivity index (χ0) is 9.14. The monoisotopic (exact) mass is 206 g/mol. The summed E-state index contributed by atoms with van der Waals surface area (Å²) in [5.41, 5.74) is -0.328. The lowest BCUT2D eigenvalue weighted by atomic mass is 10.5. The van der Waals surface area contributed by atoms with E-state index in [0.717, 1.165) is 6.42 Å². The lowest BCUT2D eigenvalue weighted by Crippen LogP contribution is -2.22. The fourth-order valence-corrected chi connectivity index (χ4v) is 1.09. The molecule has 0 aliphatic carbocycles. The number of aromatic nitrogens is 2. The Labute approximate surface area is 79.9 Å². The van der Waals surface area contributed by atoms with Gasteiger partial charge >= 0.3 is 0 Å². The van der Waals surface area contributed by atoms with Crippen LogP contribution in [0, 0.1) is 0 Å². The van der Waals surface area contributed by atoms with E-state index in [4.69, 9.17) is 23.2 Å². The molecule has 12 heavy (non-hydrogen) atoms. The molecule has 0 bridgehead atoms. The third-order valence-electron chi connectivity index (χ3n) is 1.38. The van der Waals surface area contributed by atoms with Crippen LogP contribution in [0.4, 0.5) is 0 Å². The Bertz CT molecular complexity index is 335. The van der Waals surface area contributed by atoms with E-state index in [2.05, 4.69) is 5.10 Å². The summed E-state index contributed by atoms with van der Waals surface area (Å²) < 4.78 is 1.30. The summed E-state index contributed by atoms with van der Waals surface area (Å²) in [7, 11) is 0. The summed E-state index contributed by atoms with van der Waals surface area (Å²) in [6, 6.07) is 0. The Hall–Kier alpha value is -0.540. The molecule has 0 aliphatic heterocycles. The van der Waals surface area contributed by atoms with Crippen LogP contribution >= 0.6 is 23.2 Å². The maximum absolute atomic E-state index is 11.3. The fraction of sp³-hybridized carbons (Fsp3) is 0.429. The summed E-state index contributed by atoms with van der Waals surface area (Å²) in [6.07, 6.45) is 2.21. The first kappa shape index (κ1) is 9.55. The van der Waals surface area contributed by atoms with Crippen molar-refractivity contribution in [3.05, 3.63) is 26.6 Å². The average Bonchev–Trinajstić information content (AvgIpc) is 2.07. The minimum Gasteiger partial charge on any atom is -0.266 e. The summed E-state index contributed by atoms with van der Waals surface area (Å²) >= 11 is 11.2. The predicted octanol–water partition coefficient (Wildman–Crippen LogP) is 1.96. The third-order valence-corrected chi connectivity index (χ3v) is 2.13. The second kappa shape index (κ2) is 3.92. The summed E-state index contributed by atoms with van der Waals surface area (Å²) in [4.78, 5) is 11.3. The van der Waals surface area contributed by atoms with Crippen LogP contribution in [0.2, 0.25) is 10.0 Å². The Kier molecular flexibility index (Phi) is 3.12. The molecule has 0 aliphatic rings. The molecule has 0 N–H and O–H groups in total. The van der Waals surface area contributed by atoms with Crippen molar-refractivity contribution >= 4 is 23.2 Å². The lowest BCUT2D eigenvalue weighted by molar-refractivity contribution is 0.568. The molecule has 1 rings (SSSR count). The van der Waals surface area contributed by atoms with E-state index < -0.39 is 0 Å². The molecule has 0 saturated heterocycles. The molecular weight excluding hydrogens is 199 g/mol. The van der Waals surface area contributed by atoms with Gasteiger partial charge in [0.1, 0.15) is 5.02 Å². The van der Waals surface area contributed by atoms with Crippen LogP contribution in [0.3, 0.4) is 0 Å². The first-order valence-corrected chi connectivity index (χ1v) is 4.33. The molecule has 0 spiro atoms. The van der Waals surface area contributed by atoms with Gasteiger partial charge in [0.25, 0.3) is 5.56 Å². The summed E-state index contributed by atoms with van der Waals surface area (Å²) in [5, 5.41) is 4.06. The average molecular weight is 207 g/mol. The molecule has 0 amide bonds. The van der Waals surface area contributed by atoms with Gasteiger partial charge in [0.15, 0.2) is 0 Å². The van der Waals surface area contributed by atoms with E-state index in [0.29, 0.717) is 6.54 Å². The van der Waals surface area contributed by atoms with Crippen molar-refractivity contribution in [2.24, 2.45) is 0 Å². The van der Waals surface area contributed by atoms with Crippen molar-refractivity contribution in [3.8, 4) is 0 Å². The number of hydrogen-bond donors (Lipinski definition) is 0. The number of rotatable bonds is 2. The highest BCUT2D eigenvalue weighted by molar-refractivity contribution is 6.41. The number of nitrogens with zero attached hydrogens (tertiary/aromatic N) is 2. The second-order valence-electron chi connectivity index (χ2n) is 2.33. The van der Waals surface area contributed by atoms with Gasteiger partial charge in [-0.05, 0) is 6.42 Å². The molecule has 0 radical (unpaired) electrons. The summed E-state index contributed by atoms with van der Waals surface area (Å²) in [6.45, 7) is 2.52. The van der Waals surface area contributed by atoms with Crippen LogP contribution in [0.1, 0.15) is 13.3 Å². The molecule has 1 aromatic rings. The minimum atomic E-state index is -0.328. The highest BCUT2D eigenvalue weighted by Gasteiger charge is 2.05. The number of halogens is 2. The van der Waals surface area contributed by atoms with Crippen molar-refractivity contribution in [1.29, 1.82) is 0 Å². The van der Waals surface area contributed by atoms with Gasteiger partial charge in [-0.1, -0.05) is 30.1 Å². The molecule has 0 atom stereocenters. The van der Waals surface area contributed by atoms with E-state index >= 15 is 0 Å². The van der Waals surface area contributed by atoms with Gasteiger partial charge in [0.2, 0.25) is 0 Å². The minimum absolute atomic E-state index is 0.0418. The van der Waals surface area contributed by atoms with E-state index in [-0.39, 0.29) is 15.6 Å². The highest BCUT2D eigenvalue weighted by atomic mass is 35.5. The van der Waals surface area contributed by atoms with E-state index in [1.165, 1.54) is 10.9 Å². The Morgan fingerprint density at radius 2 is 2.25 bits per heavy atom. The van der Waals surface area contributed by atoms with Crippen molar-refractivity contribution in [1.82, 2.24) is 9.78 Å². The number of aryl methyl sites for hydroxylation is 1. The van der Waals surface area contributed by atoms with Crippen LogP contribution in [0.5, 0.6) is 0 Å². The SMILES string of the molecule is CCCn1ncc(Cl)c(Cl)c1=O. The maximum atomic E-state index is 11.3. The molecule has 0 fully saturated rings. The molecule has 1 heterocycles. The highest BCUT2D eigenvalue weighted by Crippen LogP contribution is 2.14. The first-order valence-electron chi connectivity index (χ1n) is 3.58. The van der Waals surface area contributed by atoms with Crippen molar-refractivity contribution in [3.63, 3.8) is 0 Å². The lowest BCUT2D eigenvalue weighted by Gasteiger charge is -2.02. The molecule has 66 valence electrons. The van der Waals surface area contributed by atoms with Crippen molar-refractivity contribution in [2.45, 2.75) is 19.9 Å². The van der Waals surface area contributed by atoms with E-state index in [9.17, 15) is 4.79 Å². The normalized spacial score (nSPS) is 10.2. The van der Waals surface area contributed by atoms with Gasteiger partial charge in [0.05, 0.1) is 11.2 Å². The van der Waals surface area contributed by atoms with Gasteiger partial charge in [-0.3, -0.25) is 4.79 Å². The van der Waals surface area contributed by atoms with Gasteiger partial charge in [-0.25, -0.2) is 4.68 Å². The molecular formula is C7H8Cl2N2O. The van der Waals surface area contributed by atoms with E-state index in [1.54, 1.807) is 0 Å². The zero-order valence-electron chi connectivity index (χ0n) is 6.55. The number of hydrogen-bond acceptors (Lipinski definition) is 2. The van der Waals surface area contributed by atoms with Crippen LogP contribution in [0.15, 0.2) is 11.0 Å². The van der Waals surface area contributed by atoms with Crippen LogP contribution < -0.4 is 5.56 Å². The smallest absolute Gasteiger partial charge is 0.266 e. The van der Waals surface area contributed by atoms with Gasteiger partial charge < -0.3 is 0 Å². The predicted molar refractivity (Wildman–Crippen MR) is 48.8 cm³/mol. The third kappa shape index (κ3) is 1.79. The van der Waals surface area contributed by atoms with Gasteiger partial charge in [-0.15, -0.1) is 0 Å². The van der Waals surface area contributed by atoms with Gasteiger partial charge in [-0.2, -0.15) is 5.10 Å². The van der Waals surface area contributed by atoms with Crippen molar-refractivity contribution < 1.29 is 0 Å². The quantitative estimate of drug-likeness (QED) is 0.742. The summed E-state index contributed by atoms with van der Waals surface area (Å²) in [5.74, 6) is 0. The fourth-order valence-electron chi connectivity index (χ4n) is 0.816. The molecule has 3 nitrogen and oxygen atoms in total. The topological polar surface area (TPSA) is 34.9 Å². The molecule has 1 aromatic heterocycles. The Balaban J connectivity index is 3.18. The molecule has 0 aromatic carbocycles. The van der Waals surface area contributed by atoms with Gasteiger partial charge in [0, 0.05) is 6.54 Å². The van der Waals surface area contributed by atoms with Crippen LogP contribution in [-0.4, -0.2) is 9.78 Å². The van der Waals surface area contributed by atoms with Crippen LogP contribution in [-0.2, 0) is 6.54 Å². The van der Waals surface area contributed by atoms with E-state index in [1.807, 2.05) is 6.92 Å². The Morgan fingerprint density at radius 3 is 2.83 bits per heavy atom.